The predicted molar refractivity (Wildman–Crippen MR) is 123 cm³/mol. The van der Waals surface area contributed by atoms with Gasteiger partial charge in [-0.1, -0.05) is 30.3 Å². The van der Waals surface area contributed by atoms with Gasteiger partial charge in [-0.2, -0.15) is 4.98 Å². The first-order chi connectivity index (χ1) is 15.2. The molecule has 1 aliphatic rings. The van der Waals surface area contributed by atoms with Crippen molar-refractivity contribution in [2.45, 2.75) is 51.8 Å². The number of hydrogen-bond donors (Lipinski definition) is 1. The topological polar surface area (TPSA) is 94.3 Å². The van der Waals surface area contributed by atoms with Crippen LogP contribution in [0.2, 0.25) is 0 Å². The molecule has 1 aliphatic heterocycles. The molecule has 0 radical (unpaired) electrons. The van der Waals surface area contributed by atoms with Gasteiger partial charge in [-0.15, -0.1) is 0 Å². The zero-order valence-electron chi connectivity index (χ0n) is 19.0. The van der Waals surface area contributed by atoms with Crippen LogP contribution in [0.4, 0.5) is 10.7 Å². The third-order valence-corrected chi connectivity index (χ3v) is 5.41. The van der Waals surface area contributed by atoms with Crippen LogP contribution < -0.4 is 15.8 Å². The number of aromatic nitrogens is 4. The van der Waals surface area contributed by atoms with E-state index in [4.69, 9.17) is 9.72 Å². The van der Waals surface area contributed by atoms with Gasteiger partial charge in [0.25, 0.3) is 5.56 Å². The van der Waals surface area contributed by atoms with Crippen molar-refractivity contribution >= 4 is 23.2 Å². The maximum atomic E-state index is 12.9. The van der Waals surface area contributed by atoms with Crippen molar-refractivity contribution in [1.82, 2.24) is 24.4 Å². The zero-order chi connectivity index (χ0) is 22.9. The number of nitrogens with one attached hydrogen (secondary N) is 1. The number of hydrogen-bond acceptors (Lipinski definition) is 6. The maximum absolute atomic E-state index is 12.9. The summed E-state index contributed by atoms with van der Waals surface area (Å²) in [6.45, 7) is 7.41. The Kier molecular flexibility index (Phi) is 5.90. The molecular weight excluding hydrogens is 408 g/mol. The standard InChI is InChI=1S/C23H30N6O3/c1-23(2,3)32-22(31)25-17-11-8-12-28(14-17)21-26-19-18(20(30)27(4)15-24-19)29(21)13-16-9-6-5-7-10-16/h5-7,9-10,15,17H,8,11-14H2,1-4H3,(H,25,31). The van der Waals surface area contributed by atoms with Crippen molar-refractivity contribution in [2.75, 3.05) is 18.0 Å². The molecule has 1 atom stereocenters. The van der Waals surface area contributed by atoms with Gasteiger partial charge < -0.3 is 19.5 Å². The van der Waals surface area contributed by atoms with E-state index in [2.05, 4.69) is 15.2 Å². The van der Waals surface area contributed by atoms with Crippen LogP contribution in [-0.2, 0) is 18.3 Å². The van der Waals surface area contributed by atoms with Crippen LogP contribution in [0.5, 0.6) is 0 Å². The molecule has 0 spiro atoms. The van der Waals surface area contributed by atoms with E-state index in [9.17, 15) is 9.59 Å². The van der Waals surface area contributed by atoms with Gasteiger partial charge >= 0.3 is 6.09 Å². The molecule has 1 aromatic carbocycles. The maximum Gasteiger partial charge on any atom is 0.407 e. The molecule has 9 nitrogen and oxygen atoms in total. The summed E-state index contributed by atoms with van der Waals surface area (Å²) in [7, 11) is 1.69. The summed E-state index contributed by atoms with van der Waals surface area (Å²) in [4.78, 5) is 36.5. The van der Waals surface area contributed by atoms with Gasteiger partial charge in [0.05, 0.1) is 12.9 Å². The number of nitrogens with zero attached hydrogens (tertiary/aromatic N) is 5. The van der Waals surface area contributed by atoms with Crippen LogP contribution in [0.1, 0.15) is 39.2 Å². The summed E-state index contributed by atoms with van der Waals surface area (Å²) in [5.41, 5.74) is 1.30. The fraction of sp³-hybridized carbons (Fsp3) is 0.478. The second kappa shape index (κ2) is 8.64. The average Bonchev–Trinajstić information content (AvgIpc) is 3.09. The molecule has 1 N–H and O–H groups in total. The third kappa shape index (κ3) is 4.76. The number of fused-ring (bicyclic) bond motifs is 1. The van der Waals surface area contributed by atoms with E-state index in [-0.39, 0.29) is 11.6 Å². The van der Waals surface area contributed by atoms with Gasteiger partial charge in [-0.3, -0.25) is 9.36 Å². The molecule has 1 unspecified atom stereocenters. The minimum absolute atomic E-state index is 0.0700. The van der Waals surface area contributed by atoms with E-state index in [1.165, 1.54) is 10.9 Å². The number of carbonyl (C=O) groups excluding carboxylic acids is 1. The molecular formula is C23H30N6O3. The average molecular weight is 439 g/mol. The highest BCUT2D eigenvalue weighted by atomic mass is 16.6. The Bertz CT molecular complexity index is 1160. The first-order valence-corrected chi connectivity index (χ1v) is 10.9. The minimum Gasteiger partial charge on any atom is -0.444 e. The molecule has 3 aromatic rings. The highest BCUT2D eigenvalue weighted by Gasteiger charge is 2.28. The van der Waals surface area contributed by atoms with E-state index >= 15 is 0 Å². The molecule has 4 rings (SSSR count). The monoisotopic (exact) mass is 438 g/mol. The van der Waals surface area contributed by atoms with Gasteiger partial charge in [0.15, 0.2) is 11.2 Å². The van der Waals surface area contributed by atoms with Crippen LogP contribution in [0.15, 0.2) is 41.5 Å². The lowest BCUT2D eigenvalue weighted by Crippen LogP contribution is -2.49. The van der Waals surface area contributed by atoms with Crippen LogP contribution in [0.25, 0.3) is 11.2 Å². The lowest BCUT2D eigenvalue weighted by Gasteiger charge is -2.34. The molecule has 9 heteroatoms. The zero-order valence-corrected chi connectivity index (χ0v) is 19.0. The Hall–Kier alpha value is -3.36. The van der Waals surface area contributed by atoms with Crippen molar-refractivity contribution in [1.29, 1.82) is 0 Å². The molecule has 3 heterocycles. The van der Waals surface area contributed by atoms with E-state index in [1.54, 1.807) is 7.05 Å². The minimum atomic E-state index is -0.548. The molecule has 0 bridgehead atoms. The number of alkyl carbamates (subject to hydrolysis) is 1. The number of anilines is 1. The Morgan fingerprint density at radius 2 is 2.00 bits per heavy atom. The van der Waals surface area contributed by atoms with Crippen molar-refractivity contribution in [2.24, 2.45) is 7.05 Å². The third-order valence-electron chi connectivity index (χ3n) is 5.41. The predicted octanol–water partition coefficient (Wildman–Crippen LogP) is 2.67. The molecule has 1 amide bonds. The normalized spacial score (nSPS) is 16.9. The number of benzene rings is 1. The molecule has 1 saturated heterocycles. The number of amides is 1. The number of carbonyl (C=O) groups is 1. The van der Waals surface area contributed by atoms with E-state index in [1.807, 2.05) is 55.7 Å². The van der Waals surface area contributed by atoms with Crippen LogP contribution >= 0.6 is 0 Å². The van der Waals surface area contributed by atoms with E-state index in [0.29, 0.717) is 30.2 Å². The van der Waals surface area contributed by atoms with Gasteiger partial charge in [-0.05, 0) is 39.2 Å². The second-order valence-corrected chi connectivity index (χ2v) is 9.25. The van der Waals surface area contributed by atoms with E-state index in [0.717, 1.165) is 24.9 Å². The summed E-state index contributed by atoms with van der Waals surface area (Å²) < 4.78 is 8.83. The number of rotatable bonds is 4. The summed E-state index contributed by atoms with van der Waals surface area (Å²) >= 11 is 0. The number of imidazole rings is 1. The molecule has 1 fully saturated rings. The molecule has 170 valence electrons. The summed E-state index contributed by atoms with van der Waals surface area (Å²) in [5, 5.41) is 2.98. The van der Waals surface area contributed by atoms with Crippen LogP contribution in [0, 0.1) is 0 Å². The van der Waals surface area contributed by atoms with Crippen LogP contribution in [0.3, 0.4) is 0 Å². The van der Waals surface area contributed by atoms with Crippen LogP contribution in [-0.4, -0.2) is 49.9 Å². The first kappa shape index (κ1) is 21.9. The second-order valence-electron chi connectivity index (χ2n) is 9.25. The highest BCUT2D eigenvalue weighted by molar-refractivity contribution is 5.74. The highest BCUT2D eigenvalue weighted by Crippen LogP contribution is 2.24. The van der Waals surface area contributed by atoms with E-state index < -0.39 is 11.7 Å². The Labute approximate surface area is 187 Å². The lowest BCUT2D eigenvalue weighted by molar-refractivity contribution is 0.0500. The van der Waals surface area contributed by atoms with Crippen molar-refractivity contribution in [3.05, 3.63) is 52.6 Å². The Morgan fingerprint density at radius 1 is 1.25 bits per heavy atom. The molecule has 0 aliphatic carbocycles. The van der Waals surface area contributed by atoms with Gasteiger partial charge in [-0.25, -0.2) is 9.78 Å². The largest absolute Gasteiger partial charge is 0.444 e. The van der Waals surface area contributed by atoms with Gasteiger partial charge in [0.2, 0.25) is 5.95 Å². The summed E-state index contributed by atoms with van der Waals surface area (Å²) in [6, 6.07) is 9.91. The molecule has 2 aromatic heterocycles. The van der Waals surface area contributed by atoms with Crippen molar-refractivity contribution < 1.29 is 9.53 Å². The SMILES string of the molecule is Cn1cnc2nc(N3CCCC(NC(=O)OC(C)(C)C)C3)n(Cc3ccccc3)c2c1=O. The summed E-state index contributed by atoms with van der Waals surface area (Å²) in [5.74, 6) is 0.690. The quantitative estimate of drug-likeness (QED) is 0.673. The van der Waals surface area contributed by atoms with Gasteiger partial charge in [0, 0.05) is 26.2 Å². The fourth-order valence-corrected chi connectivity index (χ4v) is 4.00. The molecule has 0 saturated carbocycles. The molecule has 32 heavy (non-hydrogen) atoms. The smallest absolute Gasteiger partial charge is 0.407 e. The number of ether oxygens (including phenoxy) is 1. The fourth-order valence-electron chi connectivity index (χ4n) is 4.00. The number of aryl methyl sites for hydroxylation is 1. The van der Waals surface area contributed by atoms with Crippen molar-refractivity contribution in [3.63, 3.8) is 0 Å². The lowest BCUT2D eigenvalue weighted by atomic mass is 10.1. The summed E-state index contributed by atoms with van der Waals surface area (Å²) in [6.07, 6.45) is 2.82. The van der Waals surface area contributed by atoms with Gasteiger partial charge in [0.1, 0.15) is 5.60 Å². The Morgan fingerprint density at radius 3 is 2.72 bits per heavy atom. The van der Waals surface area contributed by atoms with Crippen molar-refractivity contribution in [3.8, 4) is 0 Å². The number of piperidine rings is 1. The first-order valence-electron chi connectivity index (χ1n) is 10.9. The Balaban J connectivity index is 1.66.